The Morgan fingerprint density at radius 1 is 1.07 bits per heavy atom. The number of anilines is 1. The molecular formula is C20H29F3N2O2. The molecule has 2 heterocycles. The maximum atomic E-state index is 12.6. The van der Waals surface area contributed by atoms with Gasteiger partial charge in [0.25, 0.3) is 0 Å². The lowest BCUT2D eigenvalue weighted by molar-refractivity contribution is -0.147. The van der Waals surface area contributed by atoms with Crippen LogP contribution in [0.25, 0.3) is 0 Å². The van der Waals surface area contributed by atoms with Crippen LogP contribution in [0.2, 0.25) is 0 Å². The largest absolute Gasteiger partial charge is 0.497 e. The first-order chi connectivity index (χ1) is 12.9. The summed E-state index contributed by atoms with van der Waals surface area (Å²) < 4.78 is 43.3. The first-order valence-electron chi connectivity index (χ1n) is 9.72. The molecule has 3 rings (SSSR count). The molecule has 2 aliphatic rings. The number of halogens is 3. The predicted molar refractivity (Wildman–Crippen MR) is 99.5 cm³/mol. The smallest absolute Gasteiger partial charge is 0.401 e. The summed E-state index contributed by atoms with van der Waals surface area (Å²) in [6, 6.07) is 6.08. The van der Waals surface area contributed by atoms with Crippen LogP contribution >= 0.6 is 0 Å². The molecule has 0 saturated carbocycles. The Kier molecular flexibility index (Phi) is 6.52. The summed E-state index contributed by atoms with van der Waals surface area (Å²) in [4.78, 5) is 3.85. The Morgan fingerprint density at radius 2 is 1.74 bits per heavy atom. The van der Waals surface area contributed by atoms with Gasteiger partial charge in [-0.15, -0.1) is 0 Å². The van der Waals surface area contributed by atoms with Crippen molar-refractivity contribution < 1.29 is 23.0 Å². The highest BCUT2D eigenvalue weighted by Crippen LogP contribution is 2.38. The van der Waals surface area contributed by atoms with Gasteiger partial charge in [-0.25, -0.2) is 0 Å². The Bertz CT molecular complexity index is 608. The normalized spacial score (nSPS) is 20.9. The molecule has 0 radical (unpaired) electrons. The summed E-state index contributed by atoms with van der Waals surface area (Å²) in [5.41, 5.74) is 2.35. The van der Waals surface area contributed by atoms with E-state index < -0.39 is 12.7 Å². The zero-order valence-corrected chi connectivity index (χ0v) is 15.8. The van der Waals surface area contributed by atoms with Crippen LogP contribution in [0.5, 0.6) is 5.75 Å². The molecular weight excluding hydrogens is 357 g/mol. The van der Waals surface area contributed by atoms with Gasteiger partial charge in [0.05, 0.1) is 13.7 Å². The summed E-state index contributed by atoms with van der Waals surface area (Å²) in [6.45, 7) is 2.14. The highest BCUT2D eigenvalue weighted by Gasteiger charge is 2.33. The fraction of sp³-hybridized carbons (Fsp3) is 0.700. The highest BCUT2D eigenvalue weighted by molar-refractivity contribution is 5.59. The van der Waals surface area contributed by atoms with Crippen molar-refractivity contribution in [3.8, 4) is 5.75 Å². The van der Waals surface area contributed by atoms with E-state index in [-0.39, 0.29) is 12.5 Å². The number of hydrogen-bond donors (Lipinski definition) is 1. The molecule has 0 atom stereocenters. The van der Waals surface area contributed by atoms with Gasteiger partial charge in [-0.2, -0.15) is 13.2 Å². The van der Waals surface area contributed by atoms with Crippen molar-refractivity contribution in [3.63, 3.8) is 0 Å². The molecule has 0 amide bonds. The summed E-state index contributed by atoms with van der Waals surface area (Å²) in [5, 5.41) is 9.37. The van der Waals surface area contributed by atoms with Crippen LogP contribution in [0.4, 0.5) is 18.9 Å². The Hall–Kier alpha value is -1.47. The average molecular weight is 386 g/mol. The summed E-state index contributed by atoms with van der Waals surface area (Å²) in [5.74, 6) is 1.43. The number of ether oxygens (including phenoxy) is 1. The first kappa shape index (κ1) is 20.3. The SMILES string of the molecule is COc1ccc(C2CCN(CC(F)(F)F)CC2)c(N2CCC(CO)CC2)c1. The van der Waals surface area contributed by atoms with E-state index in [0.29, 0.717) is 19.0 Å². The third-order valence-electron chi connectivity index (χ3n) is 5.88. The fourth-order valence-electron chi connectivity index (χ4n) is 4.28. The van der Waals surface area contributed by atoms with Crippen LogP contribution in [0, 0.1) is 5.92 Å². The van der Waals surface area contributed by atoms with Gasteiger partial charge in [-0.3, -0.25) is 4.90 Å². The second-order valence-corrected chi connectivity index (χ2v) is 7.70. The molecule has 27 heavy (non-hydrogen) atoms. The van der Waals surface area contributed by atoms with Crippen molar-refractivity contribution in [1.29, 1.82) is 0 Å². The number of rotatable bonds is 5. The number of aliphatic hydroxyl groups excluding tert-OH is 1. The van der Waals surface area contributed by atoms with Crippen molar-refractivity contribution in [2.45, 2.75) is 37.8 Å². The molecule has 0 aromatic heterocycles. The van der Waals surface area contributed by atoms with Crippen LogP contribution in [0.15, 0.2) is 18.2 Å². The van der Waals surface area contributed by atoms with Crippen molar-refractivity contribution in [2.75, 3.05) is 51.3 Å². The number of benzene rings is 1. The lowest BCUT2D eigenvalue weighted by Gasteiger charge is -2.38. The van der Waals surface area contributed by atoms with Gasteiger partial charge < -0.3 is 14.7 Å². The van der Waals surface area contributed by atoms with Gasteiger partial charge in [0.1, 0.15) is 5.75 Å². The molecule has 2 saturated heterocycles. The minimum atomic E-state index is -4.13. The van der Waals surface area contributed by atoms with Gasteiger partial charge in [-0.1, -0.05) is 6.07 Å². The molecule has 0 spiro atoms. The van der Waals surface area contributed by atoms with Gasteiger partial charge in [0.15, 0.2) is 0 Å². The third-order valence-corrected chi connectivity index (χ3v) is 5.88. The molecule has 1 aromatic rings. The maximum Gasteiger partial charge on any atom is 0.401 e. The van der Waals surface area contributed by atoms with E-state index in [1.54, 1.807) is 7.11 Å². The van der Waals surface area contributed by atoms with Crippen LogP contribution in [0.1, 0.15) is 37.2 Å². The molecule has 2 aliphatic heterocycles. The Morgan fingerprint density at radius 3 is 2.30 bits per heavy atom. The van der Waals surface area contributed by atoms with E-state index >= 15 is 0 Å². The number of hydrogen-bond acceptors (Lipinski definition) is 4. The fourth-order valence-corrected chi connectivity index (χ4v) is 4.28. The molecule has 4 nitrogen and oxygen atoms in total. The number of nitrogens with zero attached hydrogens (tertiary/aromatic N) is 2. The molecule has 0 unspecified atom stereocenters. The zero-order chi connectivity index (χ0) is 19.4. The topological polar surface area (TPSA) is 35.9 Å². The molecule has 0 bridgehead atoms. The van der Waals surface area contributed by atoms with Gasteiger partial charge >= 0.3 is 6.18 Å². The first-order valence-corrected chi connectivity index (χ1v) is 9.72. The minimum absolute atomic E-state index is 0.233. The van der Waals surface area contributed by atoms with Gasteiger partial charge in [0.2, 0.25) is 0 Å². The number of aliphatic hydroxyl groups is 1. The van der Waals surface area contributed by atoms with Crippen LogP contribution in [0.3, 0.4) is 0 Å². The number of alkyl halides is 3. The molecule has 152 valence electrons. The maximum absolute atomic E-state index is 12.6. The Labute approximate surface area is 158 Å². The average Bonchev–Trinajstić information content (AvgIpc) is 2.67. The molecule has 1 N–H and O–H groups in total. The zero-order valence-electron chi connectivity index (χ0n) is 15.8. The summed E-state index contributed by atoms with van der Waals surface area (Å²) in [6.07, 6.45) is -0.742. The Balaban J connectivity index is 1.72. The van der Waals surface area contributed by atoms with Crippen LogP contribution in [-0.2, 0) is 0 Å². The van der Waals surface area contributed by atoms with Crippen LogP contribution < -0.4 is 9.64 Å². The van der Waals surface area contributed by atoms with Crippen molar-refractivity contribution in [3.05, 3.63) is 23.8 Å². The number of piperidine rings is 2. The van der Waals surface area contributed by atoms with E-state index in [4.69, 9.17) is 4.74 Å². The standard InChI is InChI=1S/C20H29F3N2O2/c1-27-17-2-3-18(16-6-8-24(9-7-16)14-20(21,22)23)19(12-17)25-10-4-15(13-26)5-11-25/h2-3,12,15-16,26H,4-11,13-14H2,1H3. The van der Waals surface area contributed by atoms with E-state index in [1.165, 1.54) is 10.5 Å². The summed E-state index contributed by atoms with van der Waals surface area (Å²) >= 11 is 0. The lowest BCUT2D eigenvalue weighted by atomic mass is 9.87. The highest BCUT2D eigenvalue weighted by atomic mass is 19.4. The number of likely N-dealkylation sites (tertiary alicyclic amines) is 1. The third kappa shape index (κ3) is 5.29. The minimum Gasteiger partial charge on any atom is -0.497 e. The van der Waals surface area contributed by atoms with E-state index in [2.05, 4.69) is 17.0 Å². The summed E-state index contributed by atoms with van der Waals surface area (Å²) in [7, 11) is 1.65. The molecule has 2 fully saturated rings. The predicted octanol–water partition coefficient (Wildman–Crippen LogP) is 3.65. The molecule has 7 heteroatoms. The lowest BCUT2D eigenvalue weighted by Crippen LogP contribution is -2.40. The van der Waals surface area contributed by atoms with Crippen molar-refractivity contribution in [1.82, 2.24) is 4.90 Å². The quantitative estimate of drug-likeness (QED) is 0.838. The van der Waals surface area contributed by atoms with Crippen LogP contribution in [-0.4, -0.2) is 62.6 Å². The van der Waals surface area contributed by atoms with Crippen molar-refractivity contribution in [2.24, 2.45) is 5.92 Å². The van der Waals surface area contributed by atoms with Gasteiger partial charge in [0, 0.05) is 31.5 Å². The van der Waals surface area contributed by atoms with Gasteiger partial charge in [-0.05, 0) is 62.2 Å². The molecule has 0 aliphatic carbocycles. The molecule has 1 aromatic carbocycles. The monoisotopic (exact) mass is 386 g/mol. The second-order valence-electron chi connectivity index (χ2n) is 7.70. The van der Waals surface area contributed by atoms with Crippen molar-refractivity contribution >= 4 is 5.69 Å². The van der Waals surface area contributed by atoms with E-state index in [9.17, 15) is 18.3 Å². The van der Waals surface area contributed by atoms with E-state index in [0.717, 1.165) is 50.2 Å². The number of methoxy groups -OCH3 is 1. The van der Waals surface area contributed by atoms with E-state index in [1.807, 2.05) is 6.07 Å². The second kappa shape index (κ2) is 8.69.